The predicted octanol–water partition coefficient (Wildman–Crippen LogP) is 2.57. The molecule has 0 bridgehead atoms. The smallest absolute Gasteiger partial charge is 0.270 e. The lowest BCUT2D eigenvalue weighted by Crippen LogP contribution is -2.17. The molecule has 0 spiro atoms. The topological polar surface area (TPSA) is 122 Å². The first-order valence-electron chi connectivity index (χ1n) is 9.49. The predicted molar refractivity (Wildman–Crippen MR) is 114 cm³/mol. The van der Waals surface area contributed by atoms with Gasteiger partial charge in [0.1, 0.15) is 30.0 Å². The average molecular weight is 413 g/mol. The van der Waals surface area contributed by atoms with Crippen molar-refractivity contribution in [3.8, 4) is 23.1 Å². The van der Waals surface area contributed by atoms with E-state index in [0.717, 1.165) is 11.1 Å². The zero-order valence-electron chi connectivity index (χ0n) is 16.7. The Morgan fingerprint density at radius 1 is 1.13 bits per heavy atom. The van der Waals surface area contributed by atoms with E-state index in [9.17, 15) is 10.1 Å². The molecular formula is C22H19N7O2. The summed E-state index contributed by atoms with van der Waals surface area (Å²) in [5.41, 5.74) is 2.56. The van der Waals surface area contributed by atoms with Gasteiger partial charge in [-0.3, -0.25) is 9.78 Å². The van der Waals surface area contributed by atoms with Crippen LogP contribution in [-0.4, -0.2) is 31.8 Å². The Morgan fingerprint density at radius 2 is 1.87 bits per heavy atom. The summed E-state index contributed by atoms with van der Waals surface area (Å²) in [5, 5.41) is 16.6. The van der Waals surface area contributed by atoms with Crippen molar-refractivity contribution in [2.24, 2.45) is 0 Å². The fourth-order valence-corrected chi connectivity index (χ4v) is 3.07. The number of nitrogens with one attached hydrogen (secondary N) is 2. The zero-order chi connectivity index (χ0) is 21.6. The number of methoxy groups -OCH3 is 1. The normalized spacial score (nSPS) is 10.5. The lowest BCUT2D eigenvalue weighted by atomic mass is 10.1. The van der Waals surface area contributed by atoms with Crippen LogP contribution < -0.4 is 15.6 Å². The minimum Gasteiger partial charge on any atom is -0.497 e. The van der Waals surface area contributed by atoms with E-state index in [1.165, 1.54) is 6.33 Å². The van der Waals surface area contributed by atoms with Crippen molar-refractivity contribution in [1.82, 2.24) is 24.7 Å². The molecule has 0 aliphatic heterocycles. The molecule has 154 valence electrons. The van der Waals surface area contributed by atoms with Crippen LogP contribution in [-0.2, 0) is 13.1 Å². The fraction of sp³-hybridized carbons (Fsp3) is 0.136. The Morgan fingerprint density at radius 3 is 2.52 bits per heavy atom. The van der Waals surface area contributed by atoms with Gasteiger partial charge in [-0.1, -0.05) is 24.3 Å². The molecule has 4 aromatic rings. The van der Waals surface area contributed by atoms with Gasteiger partial charge >= 0.3 is 0 Å². The molecule has 2 N–H and O–H groups in total. The third-order valence-electron chi connectivity index (χ3n) is 4.69. The number of hydrogen-bond acceptors (Lipinski definition) is 7. The van der Waals surface area contributed by atoms with Crippen LogP contribution in [0.4, 0.5) is 5.95 Å². The number of anilines is 1. The number of nitriles is 1. The molecule has 31 heavy (non-hydrogen) atoms. The molecule has 2 aromatic heterocycles. The fourth-order valence-electron chi connectivity index (χ4n) is 3.07. The lowest BCUT2D eigenvalue weighted by Gasteiger charge is -2.10. The summed E-state index contributed by atoms with van der Waals surface area (Å²) >= 11 is 0. The van der Waals surface area contributed by atoms with E-state index in [4.69, 9.17) is 4.74 Å². The van der Waals surface area contributed by atoms with Crippen molar-refractivity contribution >= 4 is 5.95 Å². The zero-order valence-corrected chi connectivity index (χ0v) is 16.7. The molecule has 0 aliphatic rings. The van der Waals surface area contributed by atoms with Gasteiger partial charge in [0, 0.05) is 12.1 Å². The van der Waals surface area contributed by atoms with E-state index in [-0.39, 0.29) is 5.56 Å². The summed E-state index contributed by atoms with van der Waals surface area (Å²) in [6, 6.07) is 17.0. The monoisotopic (exact) mass is 413 g/mol. The maximum atomic E-state index is 12.4. The van der Waals surface area contributed by atoms with Crippen molar-refractivity contribution in [2.45, 2.75) is 13.1 Å². The average Bonchev–Trinajstić information content (AvgIpc) is 3.31. The van der Waals surface area contributed by atoms with Crippen LogP contribution in [0.15, 0.2) is 66.0 Å². The van der Waals surface area contributed by atoms with Gasteiger partial charge in [-0.05, 0) is 35.4 Å². The summed E-state index contributed by atoms with van der Waals surface area (Å²) in [5.74, 6) is 0.972. The molecule has 0 radical (unpaired) electrons. The quantitative estimate of drug-likeness (QED) is 0.477. The van der Waals surface area contributed by atoms with Crippen LogP contribution in [0.5, 0.6) is 5.75 Å². The molecule has 4 rings (SSSR count). The van der Waals surface area contributed by atoms with Crippen LogP contribution in [0.2, 0.25) is 0 Å². The summed E-state index contributed by atoms with van der Waals surface area (Å²) < 4.78 is 6.91. The molecule has 0 saturated carbocycles. The van der Waals surface area contributed by atoms with E-state index < -0.39 is 5.56 Å². The number of aromatic amines is 1. The van der Waals surface area contributed by atoms with Crippen molar-refractivity contribution < 1.29 is 4.74 Å². The number of ether oxygens (including phenoxy) is 1. The Hall–Kier alpha value is -4.45. The van der Waals surface area contributed by atoms with Crippen molar-refractivity contribution in [1.29, 1.82) is 5.26 Å². The van der Waals surface area contributed by atoms with Gasteiger partial charge in [-0.15, -0.1) is 0 Å². The highest BCUT2D eigenvalue weighted by Gasteiger charge is 2.13. The molecule has 0 unspecified atom stereocenters. The standard InChI is InChI=1S/C22H19N7O2/c1-31-18-8-6-17(7-9-18)20-19(10-23)21(30)28-22(27-20)25-11-15-2-4-16(5-3-15)12-29-14-24-13-26-29/h2-9,13-14H,11-12H2,1H3,(H2,25,27,28,30). The molecule has 0 atom stereocenters. The third kappa shape index (κ3) is 4.59. The van der Waals surface area contributed by atoms with Crippen LogP contribution in [0.1, 0.15) is 16.7 Å². The largest absolute Gasteiger partial charge is 0.497 e. The molecule has 0 saturated heterocycles. The second kappa shape index (κ2) is 8.92. The van der Waals surface area contributed by atoms with E-state index in [0.29, 0.717) is 36.0 Å². The Labute approximate surface area is 178 Å². The van der Waals surface area contributed by atoms with Crippen molar-refractivity contribution in [3.05, 3.63) is 88.2 Å². The number of nitrogens with zero attached hydrogens (tertiary/aromatic N) is 5. The SMILES string of the molecule is COc1ccc(-c2nc(NCc3ccc(Cn4cncn4)cc3)[nH]c(=O)c2C#N)cc1. The van der Waals surface area contributed by atoms with Gasteiger partial charge in [0.25, 0.3) is 5.56 Å². The summed E-state index contributed by atoms with van der Waals surface area (Å²) in [4.78, 5) is 23.4. The highest BCUT2D eigenvalue weighted by Crippen LogP contribution is 2.23. The third-order valence-corrected chi connectivity index (χ3v) is 4.69. The first-order chi connectivity index (χ1) is 15.2. The van der Waals surface area contributed by atoms with Gasteiger partial charge in [0.2, 0.25) is 5.95 Å². The minimum atomic E-state index is -0.492. The van der Waals surface area contributed by atoms with Gasteiger partial charge in [-0.25, -0.2) is 14.6 Å². The maximum Gasteiger partial charge on any atom is 0.270 e. The number of H-pyrrole nitrogens is 1. The van der Waals surface area contributed by atoms with Gasteiger partial charge in [-0.2, -0.15) is 10.4 Å². The molecule has 0 aliphatic carbocycles. The van der Waals surface area contributed by atoms with Crippen LogP contribution >= 0.6 is 0 Å². The Bertz CT molecular complexity index is 1260. The van der Waals surface area contributed by atoms with Crippen molar-refractivity contribution in [2.75, 3.05) is 12.4 Å². The summed E-state index contributed by atoms with van der Waals surface area (Å²) in [6.45, 7) is 1.10. The highest BCUT2D eigenvalue weighted by atomic mass is 16.5. The maximum absolute atomic E-state index is 12.4. The second-order valence-electron chi connectivity index (χ2n) is 6.74. The van der Waals surface area contributed by atoms with Crippen LogP contribution in [0.3, 0.4) is 0 Å². The van der Waals surface area contributed by atoms with Crippen LogP contribution in [0, 0.1) is 11.3 Å². The Balaban J connectivity index is 1.51. The number of aromatic nitrogens is 5. The number of benzene rings is 2. The minimum absolute atomic E-state index is 0.0341. The number of hydrogen-bond donors (Lipinski definition) is 2. The first-order valence-corrected chi connectivity index (χ1v) is 9.49. The molecular weight excluding hydrogens is 394 g/mol. The van der Waals surface area contributed by atoms with Crippen molar-refractivity contribution in [3.63, 3.8) is 0 Å². The summed E-state index contributed by atoms with van der Waals surface area (Å²) in [6.07, 6.45) is 3.17. The molecule has 9 nitrogen and oxygen atoms in total. The van der Waals surface area contributed by atoms with E-state index in [1.807, 2.05) is 30.3 Å². The molecule has 0 fully saturated rings. The molecule has 0 amide bonds. The van der Waals surface area contributed by atoms with E-state index in [1.54, 1.807) is 42.4 Å². The highest BCUT2D eigenvalue weighted by molar-refractivity contribution is 5.67. The van der Waals surface area contributed by atoms with E-state index in [2.05, 4.69) is 25.4 Å². The summed E-state index contributed by atoms with van der Waals surface area (Å²) in [7, 11) is 1.57. The second-order valence-corrected chi connectivity index (χ2v) is 6.74. The van der Waals surface area contributed by atoms with Gasteiger partial charge in [0.05, 0.1) is 19.3 Å². The molecule has 2 aromatic carbocycles. The van der Waals surface area contributed by atoms with E-state index >= 15 is 0 Å². The molecule has 2 heterocycles. The van der Waals surface area contributed by atoms with Crippen LogP contribution in [0.25, 0.3) is 11.3 Å². The molecule has 9 heteroatoms. The Kier molecular flexibility index (Phi) is 5.71. The van der Waals surface area contributed by atoms with Gasteiger partial charge < -0.3 is 10.1 Å². The van der Waals surface area contributed by atoms with Gasteiger partial charge in [0.15, 0.2) is 0 Å². The first kappa shape index (κ1) is 19.8. The number of rotatable bonds is 7. The lowest BCUT2D eigenvalue weighted by molar-refractivity contribution is 0.415.